The van der Waals surface area contributed by atoms with E-state index in [-0.39, 0.29) is 5.41 Å². The molecule has 2 saturated carbocycles. The Hall–Kier alpha value is -0.560. The first-order valence-electron chi connectivity index (χ1n) is 8.65. The van der Waals surface area contributed by atoms with Crippen molar-refractivity contribution in [2.45, 2.75) is 78.7 Å². The number of hydrogen-bond donors (Lipinski definition) is 1. The van der Waals surface area contributed by atoms with Gasteiger partial charge in [-0.05, 0) is 68.6 Å². The van der Waals surface area contributed by atoms with Crippen molar-refractivity contribution in [3.05, 3.63) is 24.3 Å². The molecule has 4 atom stereocenters. The average Bonchev–Trinajstić information content (AvgIpc) is 2.35. The van der Waals surface area contributed by atoms with Crippen LogP contribution in [0, 0.1) is 22.7 Å². The van der Waals surface area contributed by atoms with Crippen molar-refractivity contribution in [2.75, 3.05) is 0 Å². The first-order chi connectivity index (χ1) is 9.63. The Bertz CT molecular complexity index is 429. The molecule has 1 heteroatoms. The number of allylic oxidation sites excluding steroid dienone is 3. The lowest BCUT2D eigenvalue weighted by atomic mass is 9.45. The molecule has 0 spiro atoms. The predicted octanol–water partition coefficient (Wildman–Crippen LogP) is 5.50. The molecule has 0 saturated heterocycles. The highest BCUT2D eigenvalue weighted by Crippen LogP contribution is 2.62. The largest absolute Gasteiger partial charge is 0.390 e. The van der Waals surface area contributed by atoms with E-state index in [4.69, 9.17) is 0 Å². The van der Waals surface area contributed by atoms with E-state index >= 15 is 0 Å². The van der Waals surface area contributed by atoms with Crippen molar-refractivity contribution in [2.24, 2.45) is 22.7 Å². The molecule has 2 aliphatic rings. The molecule has 120 valence electrons. The van der Waals surface area contributed by atoms with E-state index in [9.17, 15) is 5.11 Å². The van der Waals surface area contributed by atoms with E-state index < -0.39 is 5.60 Å². The van der Waals surface area contributed by atoms with Crippen LogP contribution in [0.2, 0.25) is 0 Å². The fourth-order valence-corrected chi connectivity index (χ4v) is 5.53. The predicted molar refractivity (Wildman–Crippen MR) is 91.1 cm³/mol. The smallest absolute Gasteiger partial charge is 0.0656 e. The van der Waals surface area contributed by atoms with Gasteiger partial charge in [-0.3, -0.25) is 0 Å². The fraction of sp³-hybridized carbons (Fsp3) is 0.800. The summed E-state index contributed by atoms with van der Waals surface area (Å²) < 4.78 is 0. The third-order valence-corrected chi connectivity index (χ3v) is 6.76. The number of rotatable bonds is 3. The van der Waals surface area contributed by atoms with Crippen LogP contribution in [0.15, 0.2) is 24.3 Å². The molecule has 0 heterocycles. The summed E-state index contributed by atoms with van der Waals surface area (Å²) in [6.07, 6.45) is 11.2. The Balaban J connectivity index is 2.35. The van der Waals surface area contributed by atoms with Crippen LogP contribution in [0.3, 0.4) is 0 Å². The van der Waals surface area contributed by atoms with Crippen LogP contribution < -0.4 is 0 Å². The Morgan fingerprint density at radius 1 is 1.19 bits per heavy atom. The third-order valence-electron chi connectivity index (χ3n) is 6.76. The zero-order valence-electron chi connectivity index (χ0n) is 14.7. The second-order valence-corrected chi connectivity index (χ2v) is 8.74. The van der Waals surface area contributed by atoms with Gasteiger partial charge in [0.15, 0.2) is 0 Å². The Morgan fingerprint density at radius 3 is 2.48 bits per heavy atom. The van der Waals surface area contributed by atoms with E-state index in [1.807, 2.05) is 6.08 Å². The SMILES string of the molecule is C=C/C(C)=C\CC1[C@](C)(O)CC[C@H]2C(C)(C)CCC[C@]12C. The van der Waals surface area contributed by atoms with Crippen molar-refractivity contribution < 1.29 is 5.11 Å². The summed E-state index contributed by atoms with van der Waals surface area (Å²) in [6.45, 7) is 15.4. The maximum atomic E-state index is 11.0. The van der Waals surface area contributed by atoms with Gasteiger partial charge in [-0.15, -0.1) is 0 Å². The first-order valence-corrected chi connectivity index (χ1v) is 8.65. The lowest BCUT2D eigenvalue weighted by Crippen LogP contribution is -2.57. The van der Waals surface area contributed by atoms with Gasteiger partial charge in [-0.25, -0.2) is 0 Å². The van der Waals surface area contributed by atoms with Crippen LogP contribution in [-0.2, 0) is 0 Å². The number of fused-ring (bicyclic) bond motifs is 1. The average molecular weight is 290 g/mol. The fourth-order valence-electron chi connectivity index (χ4n) is 5.53. The van der Waals surface area contributed by atoms with Crippen LogP contribution in [0.25, 0.3) is 0 Å². The molecule has 0 aromatic heterocycles. The standard InChI is InChI=1S/C20H34O/c1-7-15(2)9-10-17-19(5)13-8-12-18(3,4)16(19)11-14-20(17,6)21/h7,9,16-17,21H,1,8,10-14H2,2-6H3/b15-9-/t16-,17?,19-,20+/m0/s1. The molecule has 0 aliphatic heterocycles. The molecule has 2 aliphatic carbocycles. The van der Waals surface area contributed by atoms with E-state index in [0.717, 1.165) is 18.8 Å². The zero-order chi connectivity index (χ0) is 15.9. The van der Waals surface area contributed by atoms with Crippen molar-refractivity contribution in [3.8, 4) is 0 Å². The second kappa shape index (κ2) is 5.57. The third kappa shape index (κ3) is 2.99. The molecule has 1 nitrogen and oxygen atoms in total. The molecular formula is C20H34O. The molecule has 0 aromatic carbocycles. The highest BCUT2D eigenvalue weighted by atomic mass is 16.3. The van der Waals surface area contributed by atoms with E-state index in [1.165, 1.54) is 31.3 Å². The van der Waals surface area contributed by atoms with Gasteiger partial charge in [-0.1, -0.05) is 51.5 Å². The number of aliphatic hydroxyl groups is 1. The van der Waals surface area contributed by atoms with Gasteiger partial charge in [0.2, 0.25) is 0 Å². The van der Waals surface area contributed by atoms with E-state index in [0.29, 0.717) is 11.3 Å². The van der Waals surface area contributed by atoms with Crippen LogP contribution in [0.1, 0.15) is 73.1 Å². The molecule has 0 aromatic rings. The molecular weight excluding hydrogens is 256 g/mol. The Kier molecular flexibility index (Phi) is 4.46. The minimum absolute atomic E-state index is 0.265. The first kappa shape index (κ1) is 16.8. The maximum Gasteiger partial charge on any atom is 0.0656 e. The quantitative estimate of drug-likeness (QED) is 0.680. The molecule has 21 heavy (non-hydrogen) atoms. The topological polar surface area (TPSA) is 20.2 Å². The Morgan fingerprint density at radius 2 is 1.86 bits per heavy atom. The Labute approximate surface area is 131 Å². The van der Waals surface area contributed by atoms with E-state index in [2.05, 4.69) is 47.3 Å². The molecule has 0 radical (unpaired) electrons. The molecule has 0 bridgehead atoms. The second-order valence-electron chi connectivity index (χ2n) is 8.74. The van der Waals surface area contributed by atoms with Crippen LogP contribution in [0.4, 0.5) is 0 Å². The van der Waals surface area contributed by atoms with Crippen molar-refractivity contribution in [1.29, 1.82) is 0 Å². The van der Waals surface area contributed by atoms with Gasteiger partial charge in [0.05, 0.1) is 5.60 Å². The lowest BCUT2D eigenvalue weighted by Gasteiger charge is -2.61. The van der Waals surface area contributed by atoms with Gasteiger partial charge in [0.25, 0.3) is 0 Å². The van der Waals surface area contributed by atoms with Gasteiger partial charge in [0, 0.05) is 0 Å². The summed E-state index contributed by atoms with van der Waals surface area (Å²) in [5.74, 6) is 1.10. The molecule has 2 rings (SSSR count). The summed E-state index contributed by atoms with van der Waals surface area (Å²) in [5, 5.41) is 11.0. The van der Waals surface area contributed by atoms with Gasteiger partial charge in [-0.2, -0.15) is 0 Å². The highest BCUT2D eigenvalue weighted by Gasteiger charge is 2.57. The van der Waals surface area contributed by atoms with Crippen molar-refractivity contribution in [3.63, 3.8) is 0 Å². The summed E-state index contributed by atoms with van der Waals surface area (Å²) in [6, 6.07) is 0. The monoisotopic (exact) mass is 290 g/mol. The summed E-state index contributed by atoms with van der Waals surface area (Å²) in [7, 11) is 0. The van der Waals surface area contributed by atoms with Gasteiger partial charge < -0.3 is 5.11 Å². The number of hydrogen-bond acceptors (Lipinski definition) is 1. The zero-order valence-corrected chi connectivity index (χ0v) is 14.7. The van der Waals surface area contributed by atoms with Crippen LogP contribution in [-0.4, -0.2) is 10.7 Å². The summed E-state index contributed by atoms with van der Waals surface area (Å²) in [5.41, 5.74) is 1.38. The minimum atomic E-state index is -0.531. The lowest BCUT2D eigenvalue weighted by molar-refractivity contribution is -0.165. The minimum Gasteiger partial charge on any atom is -0.390 e. The summed E-state index contributed by atoms with van der Waals surface area (Å²) in [4.78, 5) is 0. The van der Waals surface area contributed by atoms with Crippen LogP contribution in [0.5, 0.6) is 0 Å². The van der Waals surface area contributed by atoms with Gasteiger partial charge in [0.1, 0.15) is 0 Å². The van der Waals surface area contributed by atoms with Crippen molar-refractivity contribution in [1.82, 2.24) is 0 Å². The normalized spacial score (nSPS) is 43.2. The maximum absolute atomic E-state index is 11.0. The molecule has 0 amide bonds. The molecule has 2 fully saturated rings. The molecule has 1 N–H and O–H groups in total. The van der Waals surface area contributed by atoms with Gasteiger partial charge >= 0.3 is 0 Å². The highest BCUT2D eigenvalue weighted by molar-refractivity contribution is 5.15. The molecule has 1 unspecified atom stereocenters. The van der Waals surface area contributed by atoms with Crippen LogP contribution >= 0.6 is 0 Å². The van der Waals surface area contributed by atoms with E-state index in [1.54, 1.807) is 0 Å². The van der Waals surface area contributed by atoms with Crippen molar-refractivity contribution >= 4 is 0 Å². The summed E-state index contributed by atoms with van der Waals surface area (Å²) >= 11 is 0.